The van der Waals surface area contributed by atoms with Crippen LogP contribution in [-0.2, 0) is 11.8 Å². The first-order chi connectivity index (χ1) is 5.74. The van der Waals surface area contributed by atoms with Crippen LogP contribution >= 0.6 is 0 Å². The lowest BCUT2D eigenvalue weighted by Gasteiger charge is -2.00. The van der Waals surface area contributed by atoms with E-state index < -0.39 is 0 Å². The normalized spacial score (nSPS) is 10.5. The molecule has 4 nitrogen and oxygen atoms in total. The Morgan fingerprint density at radius 2 is 2.50 bits per heavy atom. The van der Waals surface area contributed by atoms with E-state index in [0.29, 0.717) is 5.82 Å². The first-order valence-corrected chi connectivity index (χ1v) is 3.65. The summed E-state index contributed by atoms with van der Waals surface area (Å²) < 4.78 is 1.60. The van der Waals surface area contributed by atoms with Gasteiger partial charge in [-0.05, 0) is 13.0 Å². The highest BCUT2D eigenvalue weighted by molar-refractivity contribution is 5.98. The molecule has 1 N–H and O–H groups in total. The lowest BCUT2D eigenvalue weighted by atomic mass is 10.5. The summed E-state index contributed by atoms with van der Waals surface area (Å²) in [7, 11) is 1.77. The highest BCUT2D eigenvalue weighted by Gasteiger charge is 1.99. The summed E-state index contributed by atoms with van der Waals surface area (Å²) in [5.41, 5.74) is 0. The number of anilines is 1. The van der Waals surface area contributed by atoms with Crippen molar-refractivity contribution >= 4 is 11.7 Å². The highest BCUT2D eigenvalue weighted by atomic mass is 16.1. The monoisotopic (exact) mass is 165 g/mol. The summed E-state index contributed by atoms with van der Waals surface area (Å²) in [6.07, 6.45) is 4.78. The van der Waals surface area contributed by atoms with Gasteiger partial charge in [-0.25, -0.2) is 0 Å². The summed E-state index contributed by atoms with van der Waals surface area (Å²) in [4.78, 5) is 11.0. The molecule has 0 aliphatic carbocycles. The molecule has 64 valence electrons. The zero-order valence-corrected chi connectivity index (χ0v) is 7.11. The second kappa shape index (κ2) is 3.71. The van der Waals surface area contributed by atoms with Crippen LogP contribution < -0.4 is 5.32 Å². The molecule has 12 heavy (non-hydrogen) atoms. The Morgan fingerprint density at radius 1 is 1.75 bits per heavy atom. The Kier molecular flexibility index (Phi) is 2.63. The van der Waals surface area contributed by atoms with E-state index in [1.54, 1.807) is 37.0 Å². The molecule has 0 aliphatic heterocycles. The second-order valence-corrected chi connectivity index (χ2v) is 2.33. The number of aromatic nitrogens is 2. The third kappa shape index (κ3) is 1.95. The van der Waals surface area contributed by atoms with Gasteiger partial charge in [0.2, 0.25) is 5.91 Å². The zero-order valence-electron chi connectivity index (χ0n) is 7.11. The highest BCUT2D eigenvalue weighted by Crippen LogP contribution is 2.02. The number of hydrogen-bond donors (Lipinski definition) is 1. The predicted octanol–water partition coefficient (Wildman–Crippen LogP) is 0.935. The van der Waals surface area contributed by atoms with Gasteiger partial charge in [-0.15, -0.1) is 0 Å². The first-order valence-electron chi connectivity index (χ1n) is 3.65. The maximum absolute atomic E-state index is 11.0. The molecule has 1 aromatic heterocycles. The average molecular weight is 165 g/mol. The third-order valence-electron chi connectivity index (χ3n) is 1.39. The molecule has 1 aromatic rings. The van der Waals surface area contributed by atoms with Crippen LogP contribution in [0.2, 0.25) is 0 Å². The van der Waals surface area contributed by atoms with Gasteiger partial charge in [0.1, 0.15) is 5.82 Å². The lowest BCUT2D eigenvalue weighted by molar-refractivity contribution is -0.111. The number of carbonyl (C=O) groups excluding carboxylic acids is 1. The number of carbonyl (C=O) groups is 1. The second-order valence-electron chi connectivity index (χ2n) is 2.33. The molecule has 0 unspecified atom stereocenters. The largest absolute Gasteiger partial charge is 0.307 e. The van der Waals surface area contributed by atoms with Gasteiger partial charge < -0.3 is 5.32 Å². The fraction of sp³-hybridized carbons (Fsp3) is 0.250. The molecule has 0 aromatic carbocycles. The third-order valence-corrected chi connectivity index (χ3v) is 1.39. The van der Waals surface area contributed by atoms with E-state index >= 15 is 0 Å². The van der Waals surface area contributed by atoms with Crippen molar-refractivity contribution in [3.05, 3.63) is 24.4 Å². The SMILES string of the molecule is C/C=C/C(=O)Nc1ccnn1C. The smallest absolute Gasteiger partial charge is 0.249 e. The van der Waals surface area contributed by atoms with Crippen molar-refractivity contribution in [2.45, 2.75) is 6.92 Å². The first kappa shape index (κ1) is 8.52. The fourth-order valence-corrected chi connectivity index (χ4v) is 0.816. The molecule has 0 fully saturated rings. The Labute approximate surface area is 70.9 Å². The topological polar surface area (TPSA) is 46.9 Å². The number of nitrogens with one attached hydrogen (secondary N) is 1. The number of allylic oxidation sites excluding steroid dienone is 1. The van der Waals surface area contributed by atoms with Gasteiger partial charge in [0.05, 0.1) is 6.20 Å². The van der Waals surface area contributed by atoms with Crippen LogP contribution in [0.5, 0.6) is 0 Å². The molecule has 0 spiro atoms. The van der Waals surface area contributed by atoms with Crippen LogP contribution in [0.25, 0.3) is 0 Å². The molecule has 0 radical (unpaired) electrons. The molecule has 1 heterocycles. The molecule has 1 amide bonds. The van der Waals surface area contributed by atoms with E-state index in [1.165, 1.54) is 6.08 Å². The van der Waals surface area contributed by atoms with Gasteiger partial charge in [-0.2, -0.15) is 5.10 Å². The predicted molar refractivity (Wildman–Crippen MR) is 46.7 cm³/mol. The van der Waals surface area contributed by atoms with Crippen molar-refractivity contribution in [3.8, 4) is 0 Å². The van der Waals surface area contributed by atoms with Gasteiger partial charge in [0.25, 0.3) is 0 Å². The van der Waals surface area contributed by atoms with Crippen LogP contribution in [0.1, 0.15) is 6.92 Å². The summed E-state index contributed by atoms with van der Waals surface area (Å²) in [5, 5.41) is 6.57. The van der Waals surface area contributed by atoms with Crippen molar-refractivity contribution < 1.29 is 4.79 Å². The van der Waals surface area contributed by atoms with Crippen LogP contribution in [0.4, 0.5) is 5.82 Å². The Morgan fingerprint density at radius 3 is 3.00 bits per heavy atom. The zero-order chi connectivity index (χ0) is 8.97. The molecular formula is C8H11N3O. The summed E-state index contributed by atoms with van der Waals surface area (Å²) in [5.74, 6) is 0.555. The number of amides is 1. The van der Waals surface area contributed by atoms with E-state index in [-0.39, 0.29) is 5.91 Å². The van der Waals surface area contributed by atoms with Gasteiger partial charge in [0, 0.05) is 13.1 Å². The minimum atomic E-state index is -0.138. The number of hydrogen-bond acceptors (Lipinski definition) is 2. The number of nitrogens with zero attached hydrogens (tertiary/aromatic N) is 2. The van der Waals surface area contributed by atoms with Crippen molar-refractivity contribution in [2.75, 3.05) is 5.32 Å². The minimum Gasteiger partial charge on any atom is -0.307 e. The van der Waals surface area contributed by atoms with Crippen LogP contribution in [0.15, 0.2) is 24.4 Å². The van der Waals surface area contributed by atoms with Crippen LogP contribution in [0, 0.1) is 0 Å². The Bertz CT molecular complexity index is 301. The molecule has 1 rings (SSSR count). The standard InChI is InChI=1S/C8H11N3O/c1-3-4-8(12)10-7-5-6-9-11(7)2/h3-6H,1-2H3,(H,10,12)/b4-3+. The van der Waals surface area contributed by atoms with Crippen molar-refractivity contribution in [3.63, 3.8) is 0 Å². The Hall–Kier alpha value is -1.58. The molecule has 0 atom stereocenters. The molecule has 0 saturated heterocycles. The van der Waals surface area contributed by atoms with Crippen LogP contribution in [-0.4, -0.2) is 15.7 Å². The van der Waals surface area contributed by atoms with Crippen molar-refractivity contribution in [1.82, 2.24) is 9.78 Å². The van der Waals surface area contributed by atoms with E-state index in [0.717, 1.165) is 0 Å². The maximum atomic E-state index is 11.0. The van der Waals surface area contributed by atoms with E-state index in [9.17, 15) is 4.79 Å². The number of aryl methyl sites for hydroxylation is 1. The van der Waals surface area contributed by atoms with Gasteiger partial charge in [0.15, 0.2) is 0 Å². The molecule has 0 aliphatic rings. The summed E-state index contributed by atoms with van der Waals surface area (Å²) in [6.45, 7) is 1.79. The molecule has 4 heteroatoms. The van der Waals surface area contributed by atoms with E-state index in [1.807, 2.05) is 0 Å². The van der Waals surface area contributed by atoms with Gasteiger partial charge >= 0.3 is 0 Å². The molecular weight excluding hydrogens is 154 g/mol. The average Bonchev–Trinajstić information content (AvgIpc) is 2.37. The maximum Gasteiger partial charge on any atom is 0.249 e. The lowest BCUT2D eigenvalue weighted by Crippen LogP contribution is -2.11. The van der Waals surface area contributed by atoms with Crippen LogP contribution in [0.3, 0.4) is 0 Å². The minimum absolute atomic E-state index is 0.138. The fourth-order valence-electron chi connectivity index (χ4n) is 0.816. The Balaban J connectivity index is 2.64. The van der Waals surface area contributed by atoms with Crippen molar-refractivity contribution in [1.29, 1.82) is 0 Å². The van der Waals surface area contributed by atoms with Gasteiger partial charge in [-0.3, -0.25) is 9.48 Å². The molecule has 0 bridgehead atoms. The summed E-state index contributed by atoms with van der Waals surface area (Å²) >= 11 is 0. The van der Waals surface area contributed by atoms with Crippen molar-refractivity contribution in [2.24, 2.45) is 7.05 Å². The summed E-state index contributed by atoms with van der Waals surface area (Å²) in [6, 6.07) is 1.74. The quantitative estimate of drug-likeness (QED) is 0.663. The van der Waals surface area contributed by atoms with E-state index in [2.05, 4.69) is 10.4 Å². The van der Waals surface area contributed by atoms with Gasteiger partial charge in [-0.1, -0.05) is 6.08 Å². The number of rotatable bonds is 2. The van der Waals surface area contributed by atoms with E-state index in [4.69, 9.17) is 0 Å². The molecule has 0 saturated carbocycles.